The average Bonchev–Trinajstić information content (AvgIpc) is 3.10. The Morgan fingerprint density at radius 2 is 1.47 bits per heavy atom. The second-order valence-electron chi connectivity index (χ2n) is 8.47. The van der Waals surface area contributed by atoms with Gasteiger partial charge in [0.1, 0.15) is 5.00 Å². The zero-order valence-corrected chi connectivity index (χ0v) is 20.0. The number of fused-ring (bicyclic) bond motifs is 1. The van der Waals surface area contributed by atoms with E-state index in [0.29, 0.717) is 23.6 Å². The lowest BCUT2D eigenvalue weighted by atomic mass is 9.95. The fourth-order valence-electron chi connectivity index (χ4n) is 4.21. The van der Waals surface area contributed by atoms with E-state index in [-0.39, 0.29) is 11.9 Å². The number of rotatable bonds is 15. The normalized spacial score (nSPS) is 13.1. The number of aryl methyl sites for hydroxylation is 1. The Morgan fingerprint density at radius 1 is 0.867 bits per heavy atom. The quantitative estimate of drug-likeness (QED) is 0.230. The molecule has 0 aliphatic heterocycles. The van der Waals surface area contributed by atoms with Gasteiger partial charge in [-0.2, -0.15) is 0 Å². The Labute approximate surface area is 187 Å². The molecule has 0 fully saturated rings. The molecule has 1 aliphatic rings. The molecule has 30 heavy (non-hydrogen) atoms. The zero-order chi connectivity index (χ0) is 21.6. The number of ether oxygens (including phenoxy) is 1. The maximum atomic E-state index is 12.5. The summed E-state index contributed by atoms with van der Waals surface area (Å²) in [7, 11) is 0. The summed E-state index contributed by atoms with van der Waals surface area (Å²) in [6.07, 6.45) is 18.7. The van der Waals surface area contributed by atoms with Crippen LogP contribution in [-0.4, -0.2) is 18.5 Å². The summed E-state index contributed by atoms with van der Waals surface area (Å²) in [5.41, 5.74) is 1.72. The zero-order valence-electron chi connectivity index (χ0n) is 19.2. The van der Waals surface area contributed by atoms with Gasteiger partial charge in [-0.3, -0.25) is 4.79 Å². The van der Waals surface area contributed by atoms with E-state index >= 15 is 0 Å². The van der Waals surface area contributed by atoms with E-state index < -0.39 is 0 Å². The third kappa shape index (κ3) is 8.41. The first-order valence-electron chi connectivity index (χ1n) is 12.3. The van der Waals surface area contributed by atoms with Gasteiger partial charge >= 0.3 is 5.97 Å². The molecule has 0 radical (unpaired) electrons. The van der Waals surface area contributed by atoms with Gasteiger partial charge in [0.15, 0.2) is 0 Å². The third-order valence-electron chi connectivity index (χ3n) is 5.91. The number of carbonyl (C=O) groups excluding carboxylic acids is 2. The molecular formula is C25H41NO3S. The van der Waals surface area contributed by atoms with Gasteiger partial charge in [0.25, 0.3) is 0 Å². The van der Waals surface area contributed by atoms with Gasteiger partial charge in [0.2, 0.25) is 5.91 Å². The summed E-state index contributed by atoms with van der Waals surface area (Å²) in [4.78, 5) is 26.2. The highest BCUT2D eigenvalue weighted by molar-refractivity contribution is 7.17. The monoisotopic (exact) mass is 435 g/mol. The largest absolute Gasteiger partial charge is 0.462 e. The van der Waals surface area contributed by atoms with Crippen molar-refractivity contribution in [1.29, 1.82) is 0 Å². The van der Waals surface area contributed by atoms with Crippen molar-refractivity contribution in [3.8, 4) is 0 Å². The molecule has 0 atom stereocenters. The van der Waals surface area contributed by atoms with Gasteiger partial charge < -0.3 is 10.1 Å². The summed E-state index contributed by atoms with van der Waals surface area (Å²) in [6, 6.07) is 0. The fraction of sp³-hybridized carbons (Fsp3) is 0.760. The van der Waals surface area contributed by atoms with Crippen LogP contribution in [0.5, 0.6) is 0 Å². The van der Waals surface area contributed by atoms with Crippen molar-refractivity contribution in [1.82, 2.24) is 0 Å². The number of thiophene rings is 1. The van der Waals surface area contributed by atoms with Gasteiger partial charge in [-0.1, -0.05) is 71.1 Å². The van der Waals surface area contributed by atoms with Crippen molar-refractivity contribution in [2.24, 2.45) is 0 Å². The minimum atomic E-state index is -0.290. The molecule has 1 heterocycles. The van der Waals surface area contributed by atoms with Crippen LogP contribution in [0.25, 0.3) is 0 Å². The van der Waals surface area contributed by atoms with Crippen LogP contribution in [0.3, 0.4) is 0 Å². The van der Waals surface area contributed by atoms with Gasteiger partial charge in [-0.25, -0.2) is 4.79 Å². The first kappa shape index (κ1) is 24.9. The summed E-state index contributed by atoms with van der Waals surface area (Å²) in [6.45, 7) is 4.43. The van der Waals surface area contributed by atoms with Crippen LogP contribution < -0.4 is 5.32 Å². The van der Waals surface area contributed by atoms with E-state index in [1.165, 1.54) is 62.7 Å². The van der Waals surface area contributed by atoms with Crippen LogP contribution in [0.15, 0.2) is 0 Å². The van der Waals surface area contributed by atoms with Gasteiger partial charge in [0, 0.05) is 11.3 Å². The molecule has 2 rings (SSSR count). The Balaban J connectivity index is 1.67. The van der Waals surface area contributed by atoms with E-state index in [2.05, 4.69) is 12.2 Å². The number of anilines is 1. The number of hydrogen-bond donors (Lipinski definition) is 1. The van der Waals surface area contributed by atoms with Gasteiger partial charge in [0.05, 0.1) is 12.2 Å². The SMILES string of the molecule is CCCCCCCCCCCCCC(=O)Nc1sc2c(c1C(=O)OCC)CCCC2. The number of carbonyl (C=O) groups is 2. The number of unbranched alkanes of at least 4 members (excludes halogenated alkanes) is 10. The van der Waals surface area contributed by atoms with Crippen molar-refractivity contribution in [3.63, 3.8) is 0 Å². The average molecular weight is 436 g/mol. The smallest absolute Gasteiger partial charge is 0.341 e. The molecule has 1 N–H and O–H groups in total. The molecule has 1 aromatic heterocycles. The molecule has 1 aliphatic carbocycles. The van der Waals surface area contributed by atoms with Crippen molar-refractivity contribution in [2.75, 3.05) is 11.9 Å². The molecule has 1 amide bonds. The molecule has 0 unspecified atom stereocenters. The molecule has 5 heteroatoms. The predicted octanol–water partition coefficient (Wildman–Crippen LogP) is 7.44. The number of nitrogens with one attached hydrogen (secondary N) is 1. The van der Waals surface area contributed by atoms with Crippen molar-refractivity contribution in [2.45, 2.75) is 117 Å². The molecule has 4 nitrogen and oxygen atoms in total. The molecule has 0 spiro atoms. The number of esters is 1. The van der Waals surface area contributed by atoms with Crippen LogP contribution in [0.2, 0.25) is 0 Å². The van der Waals surface area contributed by atoms with Crippen LogP contribution in [0.1, 0.15) is 125 Å². The van der Waals surface area contributed by atoms with E-state index in [4.69, 9.17) is 4.74 Å². The summed E-state index contributed by atoms with van der Waals surface area (Å²) >= 11 is 1.57. The Kier molecular flexibility index (Phi) is 12.1. The van der Waals surface area contributed by atoms with E-state index in [9.17, 15) is 9.59 Å². The fourth-order valence-corrected chi connectivity index (χ4v) is 5.51. The highest BCUT2D eigenvalue weighted by Gasteiger charge is 2.27. The second kappa shape index (κ2) is 14.6. The van der Waals surface area contributed by atoms with Crippen LogP contribution in [0, 0.1) is 0 Å². The Hall–Kier alpha value is -1.36. The van der Waals surface area contributed by atoms with Crippen LogP contribution >= 0.6 is 11.3 Å². The standard InChI is InChI=1S/C25H41NO3S/c1-3-5-6-7-8-9-10-11-12-13-14-19-22(27)26-24-23(25(28)29-4-2)20-17-15-16-18-21(20)30-24/h3-19H2,1-2H3,(H,26,27). The molecule has 0 bridgehead atoms. The van der Waals surface area contributed by atoms with Gasteiger partial charge in [-0.15, -0.1) is 11.3 Å². The van der Waals surface area contributed by atoms with E-state index in [0.717, 1.165) is 44.1 Å². The summed E-state index contributed by atoms with van der Waals surface area (Å²) in [5.74, 6) is -0.267. The lowest BCUT2D eigenvalue weighted by Gasteiger charge is -2.12. The molecule has 170 valence electrons. The molecular weight excluding hydrogens is 394 g/mol. The summed E-state index contributed by atoms with van der Waals surface area (Å²) < 4.78 is 5.26. The summed E-state index contributed by atoms with van der Waals surface area (Å²) in [5, 5.41) is 3.72. The lowest BCUT2D eigenvalue weighted by Crippen LogP contribution is -2.15. The maximum Gasteiger partial charge on any atom is 0.341 e. The van der Waals surface area contributed by atoms with Crippen molar-refractivity contribution >= 4 is 28.2 Å². The first-order valence-corrected chi connectivity index (χ1v) is 13.1. The Morgan fingerprint density at radius 3 is 2.10 bits per heavy atom. The maximum absolute atomic E-state index is 12.5. The highest BCUT2D eigenvalue weighted by atomic mass is 32.1. The van der Waals surface area contributed by atoms with E-state index in [1.807, 2.05) is 6.92 Å². The number of amides is 1. The van der Waals surface area contributed by atoms with Crippen LogP contribution in [0.4, 0.5) is 5.00 Å². The molecule has 1 aromatic rings. The predicted molar refractivity (Wildman–Crippen MR) is 127 cm³/mol. The third-order valence-corrected chi connectivity index (χ3v) is 7.12. The number of hydrogen-bond acceptors (Lipinski definition) is 4. The second-order valence-corrected chi connectivity index (χ2v) is 9.57. The Bertz CT molecular complexity index is 653. The highest BCUT2D eigenvalue weighted by Crippen LogP contribution is 2.38. The minimum Gasteiger partial charge on any atom is -0.462 e. The van der Waals surface area contributed by atoms with Crippen molar-refractivity contribution < 1.29 is 14.3 Å². The molecule has 0 saturated carbocycles. The minimum absolute atomic E-state index is 0.0232. The molecule has 0 saturated heterocycles. The topological polar surface area (TPSA) is 55.4 Å². The van der Waals surface area contributed by atoms with E-state index in [1.54, 1.807) is 11.3 Å². The van der Waals surface area contributed by atoms with Gasteiger partial charge in [-0.05, 0) is 44.6 Å². The lowest BCUT2D eigenvalue weighted by molar-refractivity contribution is -0.116. The van der Waals surface area contributed by atoms with Crippen molar-refractivity contribution in [3.05, 3.63) is 16.0 Å². The first-order chi connectivity index (χ1) is 14.7. The molecule has 0 aromatic carbocycles. The van der Waals surface area contributed by atoms with Crippen LogP contribution in [-0.2, 0) is 22.4 Å².